The molecule has 136 valence electrons. The first kappa shape index (κ1) is 19.5. The Labute approximate surface area is 157 Å². The van der Waals surface area contributed by atoms with E-state index in [1.54, 1.807) is 0 Å². The summed E-state index contributed by atoms with van der Waals surface area (Å²) in [4.78, 5) is 34.0. The molecule has 0 heterocycles. The highest BCUT2D eigenvalue weighted by atomic mass is 35.5. The minimum atomic E-state index is -0.873. The molecule has 0 unspecified atom stereocenters. The smallest absolute Gasteiger partial charge is 0.271 e. The highest BCUT2D eigenvalue weighted by molar-refractivity contribution is 6.34. The van der Waals surface area contributed by atoms with Gasteiger partial charge in [-0.2, -0.15) is 0 Å². The average molecular weight is 398 g/mol. The standard InChI is InChI=1S/C16H13Cl2N3O5/c17-7-11(8-1-4-14(22)10(5-8)15(19)23)16(24)20-13-3-2-9(21(25)26)6-12(13)18/h1-6,11,22H,7H2,(H2,19,23)(H,20,24)/t11-/m0/s1. The number of nitro groups is 1. The maximum Gasteiger partial charge on any atom is 0.271 e. The van der Waals surface area contributed by atoms with Crippen molar-refractivity contribution >= 4 is 46.4 Å². The Bertz CT molecular complexity index is 888. The zero-order valence-corrected chi connectivity index (χ0v) is 14.6. The lowest BCUT2D eigenvalue weighted by molar-refractivity contribution is -0.384. The number of amides is 2. The van der Waals surface area contributed by atoms with Gasteiger partial charge in [-0.3, -0.25) is 19.7 Å². The Balaban J connectivity index is 2.28. The molecule has 4 N–H and O–H groups in total. The third-order valence-corrected chi connectivity index (χ3v) is 4.20. The van der Waals surface area contributed by atoms with Gasteiger partial charge in [-0.1, -0.05) is 17.7 Å². The molecule has 0 saturated carbocycles. The van der Waals surface area contributed by atoms with Gasteiger partial charge in [0.05, 0.1) is 27.1 Å². The van der Waals surface area contributed by atoms with E-state index in [1.807, 2.05) is 0 Å². The van der Waals surface area contributed by atoms with E-state index in [2.05, 4.69) is 5.32 Å². The summed E-state index contributed by atoms with van der Waals surface area (Å²) in [5.74, 6) is -2.71. The monoisotopic (exact) mass is 397 g/mol. The fourth-order valence-electron chi connectivity index (χ4n) is 2.22. The molecule has 0 aliphatic heterocycles. The fourth-order valence-corrected chi connectivity index (χ4v) is 2.76. The van der Waals surface area contributed by atoms with E-state index in [-0.39, 0.29) is 33.6 Å². The van der Waals surface area contributed by atoms with Crippen molar-refractivity contribution in [2.75, 3.05) is 11.2 Å². The van der Waals surface area contributed by atoms with E-state index >= 15 is 0 Å². The van der Waals surface area contributed by atoms with E-state index in [1.165, 1.54) is 30.3 Å². The van der Waals surface area contributed by atoms with Crippen LogP contribution >= 0.6 is 23.2 Å². The van der Waals surface area contributed by atoms with Crippen LogP contribution in [0.4, 0.5) is 11.4 Å². The van der Waals surface area contributed by atoms with Gasteiger partial charge in [0.1, 0.15) is 5.75 Å². The second kappa shape index (κ2) is 8.03. The number of nitrogens with zero attached hydrogens (tertiary/aromatic N) is 1. The van der Waals surface area contributed by atoms with Gasteiger partial charge < -0.3 is 16.2 Å². The lowest BCUT2D eigenvalue weighted by atomic mass is 9.97. The number of carbonyl (C=O) groups excluding carboxylic acids is 2. The third-order valence-electron chi connectivity index (χ3n) is 3.58. The Morgan fingerprint density at radius 1 is 1.27 bits per heavy atom. The molecule has 0 spiro atoms. The zero-order chi connectivity index (χ0) is 19.4. The van der Waals surface area contributed by atoms with Crippen LogP contribution in [0.25, 0.3) is 0 Å². The van der Waals surface area contributed by atoms with Gasteiger partial charge in [-0.25, -0.2) is 0 Å². The third kappa shape index (κ3) is 4.22. The summed E-state index contributed by atoms with van der Waals surface area (Å²) >= 11 is 11.8. The van der Waals surface area contributed by atoms with Crippen LogP contribution in [0.5, 0.6) is 5.75 Å². The molecular weight excluding hydrogens is 385 g/mol. The Morgan fingerprint density at radius 2 is 1.96 bits per heavy atom. The van der Waals surface area contributed by atoms with Crippen LogP contribution in [-0.2, 0) is 4.79 Å². The van der Waals surface area contributed by atoms with Crippen LogP contribution in [-0.4, -0.2) is 27.7 Å². The first-order valence-corrected chi connectivity index (χ1v) is 8.09. The molecule has 2 aromatic rings. The normalized spacial score (nSPS) is 11.6. The lowest BCUT2D eigenvalue weighted by Crippen LogP contribution is -2.23. The number of nitrogens with two attached hydrogens (primary N) is 1. The maximum atomic E-state index is 12.5. The number of phenols is 1. The molecule has 0 aliphatic carbocycles. The maximum absolute atomic E-state index is 12.5. The van der Waals surface area contributed by atoms with Gasteiger partial charge in [-0.05, 0) is 23.8 Å². The van der Waals surface area contributed by atoms with Gasteiger partial charge in [0.15, 0.2) is 0 Å². The number of halogens is 2. The molecule has 2 rings (SSSR count). The topological polar surface area (TPSA) is 136 Å². The molecule has 2 aromatic carbocycles. The van der Waals surface area contributed by atoms with Crippen molar-refractivity contribution < 1.29 is 19.6 Å². The van der Waals surface area contributed by atoms with Crippen molar-refractivity contribution in [1.82, 2.24) is 0 Å². The zero-order valence-electron chi connectivity index (χ0n) is 13.1. The molecule has 0 radical (unpaired) electrons. The predicted octanol–water partition coefficient (Wildman–Crippen LogP) is 3.01. The number of non-ortho nitro benzene ring substituents is 1. The summed E-state index contributed by atoms with van der Waals surface area (Å²) < 4.78 is 0. The van der Waals surface area contributed by atoms with E-state index in [4.69, 9.17) is 28.9 Å². The minimum Gasteiger partial charge on any atom is -0.507 e. The predicted molar refractivity (Wildman–Crippen MR) is 96.8 cm³/mol. The van der Waals surface area contributed by atoms with Crippen LogP contribution in [0.1, 0.15) is 21.8 Å². The number of nitrogens with one attached hydrogen (secondary N) is 1. The highest BCUT2D eigenvalue weighted by Crippen LogP contribution is 2.29. The van der Waals surface area contributed by atoms with E-state index in [0.29, 0.717) is 5.56 Å². The van der Waals surface area contributed by atoms with Crippen LogP contribution in [0, 0.1) is 10.1 Å². The Morgan fingerprint density at radius 3 is 2.50 bits per heavy atom. The summed E-state index contributed by atoms with van der Waals surface area (Å²) in [6.07, 6.45) is 0. The molecule has 0 bridgehead atoms. The molecule has 10 heteroatoms. The second-order valence-corrected chi connectivity index (χ2v) is 5.97. The SMILES string of the molecule is NC(=O)c1cc([C@H](CCl)C(=O)Nc2ccc([N+](=O)[O-])cc2Cl)ccc1O. The van der Waals surface area contributed by atoms with Crippen molar-refractivity contribution in [3.8, 4) is 5.75 Å². The number of benzene rings is 2. The fraction of sp³-hybridized carbons (Fsp3) is 0.125. The minimum absolute atomic E-state index is 0.00981. The Hall–Kier alpha value is -2.84. The van der Waals surface area contributed by atoms with Crippen molar-refractivity contribution in [1.29, 1.82) is 0 Å². The number of primary amides is 1. The molecule has 2 amide bonds. The van der Waals surface area contributed by atoms with Crippen LogP contribution < -0.4 is 11.1 Å². The molecule has 8 nitrogen and oxygen atoms in total. The van der Waals surface area contributed by atoms with Gasteiger partial charge in [0.25, 0.3) is 11.6 Å². The number of nitro benzene ring substituents is 1. The van der Waals surface area contributed by atoms with Gasteiger partial charge in [-0.15, -0.1) is 11.6 Å². The molecule has 1 atom stereocenters. The van der Waals surface area contributed by atoms with E-state index < -0.39 is 22.7 Å². The molecule has 26 heavy (non-hydrogen) atoms. The van der Waals surface area contributed by atoms with Crippen molar-refractivity contribution in [2.45, 2.75) is 5.92 Å². The number of rotatable bonds is 6. The van der Waals surface area contributed by atoms with Crippen LogP contribution in [0.15, 0.2) is 36.4 Å². The van der Waals surface area contributed by atoms with Crippen LogP contribution in [0.2, 0.25) is 5.02 Å². The van der Waals surface area contributed by atoms with Gasteiger partial charge in [0, 0.05) is 18.0 Å². The summed E-state index contributed by atoms with van der Waals surface area (Å²) in [6.45, 7) is 0. The summed E-state index contributed by atoms with van der Waals surface area (Å²) in [5, 5.41) is 22.9. The van der Waals surface area contributed by atoms with E-state index in [9.17, 15) is 24.8 Å². The second-order valence-electron chi connectivity index (χ2n) is 5.26. The van der Waals surface area contributed by atoms with Crippen molar-refractivity contribution in [3.05, 3.63) is 62.7 Å². The van der Waals surface area contributed by atoms with Crippen LogP contribution in [0.3, 0.4) is 0 Å². The number of carbonyl (C=O) groups is 2. The summed E-state index contributed by atoms with van der Waals surface area (Å²) in [7, 11) is 0. The van der Waals surface area contributed by atoms with Gasteiger partial charge in [0.2, 0.25) is 5.91 Å². The average Bonchev–Trinajstić information content (AvgIpc) is 2.58. The molecule has 0 aliphatic rings. The van der Waals surface area contributed by atoms with E-state index in [0.717, 1.165) is 6.07 Å². The summed E-state index contributed by atoms with van der Waals surface area (Å²) in [5.41, 5.74) is 5.36. The molecule has 0 saturated heterocycles. The first-order valence-electron chi connectivity index (χ1n) is 7.18. The number of aromatic hydroxyl groups is 1. The number of anilines is 1. The largest absolute Gasteiger partial charge is 0.507 e. The molecular formula is C16H13Cl2N3O5. The lowest BCUT2D eigenvalue weighted by Gasteiger charge is -2.16. The number of hydrogen-bond acceptors (Lipinski definition) is 5. The Kier molecular flexibility index (Phi) is 6.01. The number of alkyl halides is 1. The quantitative estimate of drug-likeness (QED) is 0.390. The summed E-state index contributed by atoms with van der Waals surface area (Å²) in [6, 6.07) is 7.56. The molecule has 0 aromatic heterocycles. The highest BCUT2D eigenvalue weighted by Gasteiger charge is 2.23. The molecule has 0 fully saturated rings. The van der Waals surface area contributed by atoms with Crippen molar-refractivity contribution in [2.24, 2.45) is 5.73 Å². The first-order chi connectivity index (χ1) is 12.2. The van der Waals surface area contributed by atoms with Gasteiger partial charge >= 0.3 is 0 Å². The number of hydrogen-bond donors (Lipinski definition) is 3. The van der Waals surface area contributed by atoms with Crippen molar-refractivity contribution in [3.63, 3.8) is 0 Å².